The van der Waals surface area contributed by atoms with Gasteiger partial charge in [-0.1, -0.05) is 25.1 Å². The number of ether oxygens (including phenoxy) is 1. The number of halogens is 2. The normalized spacial score (nSPS) is 10.8. The first-order valence-corrected chi connectivity index (χ1v) is 5.43. The van der Waals surface area contributed by atoms with Gasteiger partial charge in [-0.3, -0.25) is 0 Å². The molecule has 0 saturated heterocycles. The highest BCUT2D eigenvalue weighted by molar-refractivity contribution is 5.33. The van der Waals surface area contributed by atoms with E-state index in [1.54, 1.807) is 12.1 Å². The Morgan fingerprint density at radius 3 is 2.75 bits per heavy atom. The lowest BCUT2D eigenvalue weighted by molar-refractivity contribution is 0.0814. The molecule has 0 radical (unpaired) electrons. The van der Waals surface area contributed by atoms with Crippen molar-refractivity contribution in [1.82, 2.24) is 5.32 Å². The Labute approximate surface area is 94.6 Å². The fourth-order valence-corrected chi connectivity index (χ4v) is 1.34. The van der Waals surface area contributed by atoms with Crippen molar-refractivity contribution < 1.29 is 13.5 Å². The third kappa shape index (κ3) is 4.57. The molecule has 0 unspecified atom stereocenters. The average molecular weight is 229 g/mol. The molecule has 0 spiro atoms. The lowest BCUT2D eigenvalue weighted by Gasteiger charge is -2.11. The van der Waals surface area contributed by atoms with Gasteiger partial charge in [-0.05, 0) is 19.0 Å². The molecule has 1 aromatic carbocycles. The third-order valence-corrected chi connectivity index (χ3v) is 2.08. The van der Waals surface area contributed by atoms with Gasteiger partial charge in [-0.2, -0.15) is 0 Å². The van der Waals surface area contributed by atoms with E-state index >= 15 is 0 Å². The first-order valence-electron chi connectivity index (χ1n) is 5.43. The van der Waals surface area contributed by atoms with Crippen molar-refractivity contribution in [1.29, 1.82) is 0 Å². The van der Waals surface area contributed by atoms with E-state index in [1.807, 2.05) is 12.1 Å². The molecule has 0 bridgehead atoms. The maximum atomic E-state index is 12.0. The van der Waals surface area contributed by atoms with Crippen LogP contribution in [0.3, 0.4) is 0 Å². The minimum Gasteiger partial charge on any atom is -0.487 e. The SMILES string of the molecule is CCCNCc1ccccc1OCC(F)F. The van der Waals surface area contributed by atoms with Gasteiger partial charge in [0, 0.05) is 12.1 Å². The molecule has 0 fully saturated rings. The number of alkyl halides is 2. The molecule has 4 heteroatoms. The summed E-state index contributed by atoms with van der Waals surface area (Å²) in [5.74, 6) is 0.534. The molecule has 1 N–H and O–H groups in total. The zero-order valence-corrected chi connectivity index (χ0v) is 9.38. The first kappa shape index (κ1) is 12.9. The van der Waals surface area contributed by atoms with Gasteiger partial charge in [0.2, 0.25) is 0 Å². The Hall–Kier alpha value is -1.16. The number of hydrogen-bond acceptors (Lipinski definition) is 2. The fourth-order valence-electron chi connectivity index (χ4n) is 1.34. The van der Waals surface area contributed by atoms with Crippen LogP contribution in [0.2, 0.25) is 0 Å². The molecule has 0 atom stereocenters. The van der Waals surface area contributed by atoms with Crippen LogP contribution in [0.5, 0.6) is 5.75 Å². The average Bonchev–Trinajstić information content (AvgIpc) is 2.28. The second-order valence-corrected chi connectivity index (χ2v) is 3.49. The maximum absolute atomic E-state index is 12.0. The Kier molecular flexibility index (Phi) is 5.78. The molecule has 1 aromatic rings. The van der Waals surface area contributed by atoms with Crippen molar-refractivity contribution in [3.63, 3.8) is 0 Å². The summed E-state index contributed by atoms with van der Waals surface area (Å²) < 4.78 is 29.1. The molecule has 0 aliphatic heterocycles. The summed E-state index contributed by atoms with van der Waals surface area (Å²) in [5.41, 5.74) is 0.914. The highest BCUT2D eigenvalue weighted by atomic mass is 19.3. The van der Waals surface area contributed by atoms with E-state index in [9.17, 15) is 8.78 Å². The lowest BCUT2D eigenvalue weighted by atomic mass is 10.2. The molecule has 1 rings (SSSR count). The summed E-state index contributed by atoms with van der Waals surface area (Å²) in [5, 5.41) is 3.21. The van der Waals surface area contributed by atoms with E-state index in [4.69, 9.17) is 4.74 Å². The lowest BCUT2D eigenvalue weighted by Crippen LogP contribution is -2.15. The Balaban J connectivity index is 2.53. The van der Waals surface area contributed by atoms with Crippen molar-refractivity contribution in [2.24, 2.45) is 0 Å². The smallest absolute Gasteiger partial charge is 0.272 e. The summed E-state index contributed by atoms with van der Waals surface area (Å²) in [6, 6.07) is 7.25. The predicted octanol–water partition coefficient (Wildman–Crippen LogP) is 2.83. The Morgan fingerprint density at radius 1 is 1.31 bits per heavy atom. The first-order chi connectivity index (χ1) is 7.74. The van der Waals surface area contributed by atoms with E-state index in [1.165, 1.54) is 0 Å². The molecular weight excluding hydrogens is 212 g/mol. The van der Waals surface area contributed by atoms with Crippen LogP contribution < -0.4 is 10.1 Å². The zero-order chi connectivity index (χ0) is 11.8. The van der Waals surface area contributed by atoms with Crippen LogP contribution in [0, 0.1) is 0 Å². The van der Waals surface area contributed by atoms with Gasteiger partial charge in [0.15, 0.2) is 0 Å². The molecule has 0 heterocycles. The molecular formula is C12H17F2NO. The standard InChI is InChI=1S/C12H17F2NO/c1-2-7-15-8-10-5-3-4-6-11(10)16-9-12(13)14/h3-6,12,15H,2,7-9H2,1H3. The predicted molar refractivity (Wildman–Crippen MR) is 59.9 cm³/mol. The van der Waals surface area contributed by atoms with Crippen molar-refractivity contribution in [2.75, 3.05) is 13.2 Å². The van der Waals surface area contributed by atoms with Crippen molar-refractivity contribution in [2.45, 2.75) is 26.3 Å². The van der Waals surface area contributed by atoms with E-state index < -0.39 is 13.0 Å². The summed E-state index contributed by atoms with van der Waals surface area (Å²) in [6.07, 6.45) is -1.39. The van der Waals surface area contributed by atoms with Gasteiger partial charge in [0.1, 0.15) is 12.4 Å². The number of nitrogens with one attached hydrogen (secondary N) is 1. The Morgan fingerprint density at radius 2 is 2.06 bits per heavy atom. The minimum atomic E-state index is -2.43. The van der Waals surface area contributed by atoms with E-state index in [0.717, 1.165) is 18.5 Å². The molecule has 0 aliphatic carbocycles. The van der Waals surface area contributed by atoms with Gasteiger partial charge in [-0.15, -0.1) is 0 Å². The van der Waals surface area contributed by atoms with E-state index in [-0.39, 0.29) is 0 Å². The minimum absolute atomic E-state index is 0.534. The van der Waals surface area contributed by atoms with Gasteiger partial charge in [-0.25, -0.2) is 8.78 Å². The molecule has 16 heavy (non-hydrogen) atoms. The van der Waals surface area contributed by atoms with E-state index in [2.05, 4.69) is 12.2 Å². The summed E-state index contributed by atoms with van der Waals surface area (Å²) in [7, 11) is 0. The quantitative estimate of drug-likeness (QED) is 0.726. The monoisotopic (exact) mass is 229 g/mol. The van der Waals surface area contributed by atoms with Gasteiger partial charge < -0.3 is 10.1 Å². The third-order valence-electron chi connectivity index (χ3n) is 2.08. The molecule has 0 aliphatic rings. The molecule has 90 valence electrons. The van der Waals surface area contributed by atoms with Gasteiger partial charge >= 0.3 is 0 Å². The fraction of sp³-hybridized carbons (Fsp3) is 0.500. The van der Waals surface area contributed by atoms with Crippen LogP contribution in [-0.4, -0.2) is 19.6 Å². The zero-order valence-electron chi connectivity index (χ0n) is 9.38. The largest absolute Gasteiger partial charge is 0.487 e. The van der Waals surface area contributed by atoms with Crippen LogP contribution in [-0.2, 0) is 6.54 Å². The topological polar surface area (TPSA) is 21.3 Å². The summed E-state index contributed by atoms with van der Waals surface area (Å²) in [4.78, 5) is 0. The van der Waals surface area contributed by atoms with Crippen LogP contribution in [0.15, 0.2) is 24.3 Å². The maximum Gasteiger partial charge on any atom is 0.272 e. The van der Waals surface area contributed by atoms with Crippen LogP contribution >= 0.6 is 0 Å². The van der Waals surface area contributed by atoms with E-state index in [0.29, 0.717) is 12.3 Å². The molecule has 2 nitrogen and oxygen atoms in total. The van der Waals surface area contributed by atoms with Crippen LogP contribution in [0.4, 0.5) is 8.78 Å². The number of benzene rings is 1. The molecule has 0 aromatic heterocycles. The van der Waals surface area contributed by atoms with Gasteiger partial charge in [0.25, 0.3) is 6.43 Å². The highest BCUT2D eigenvalue weighted by Crippen LogP contribution is 2.18. The highest BCUT2D eigenvalue weighted by Gasteiger charge is 2.06. The van der Waals surface area contributed by atoms with Crippen LogP contribution in [0.25, 0.3) is 0 Å². The second-order valence-electron chi connectivity index (χ2n) is 3.49. The van der Waals surface area contributed by atoms with Crippen LogP contribution in [0.1, 0.15) is 18.9 Å². The van der Waals surface area contributed by atoms with Crippen molar-refractivity contribution in [3.8, 4) is 5.75 Å². The number of hydrogen-bond donors (Lipinski definition) is 1. The van der Waals surface area contributed by atoms with Crippen molar-refractivity contribution >= 4 is 0 Å². The molecule has 0 amide bonds. The number of rotatable bonds is 7. The van der Waals surface area contributed by atoms with Crippen molar-refractivity contribution in [3.05, 3.63) is 29.8 Å². The second kappa shape index (κ2) is 7.17. The molecule has 0 saturated carbocycles. The summed E-state index contributed by atoms with van der Waals surface area (Å²) in [6.45, 7) is 3.08. The number of para-hydroxylation sites is 1. The summed E-state index contributed by atoms with van der Waals surface area (Å²) >= 11 is 0. The Bertz CT molecular complexity index is 305. The van der Waals surface area contributed by atoms with Gasteiger partial charge in [0.05, 0.1) is 0 Å².